The van der Waals surface area contributed by atoms with Crippen LogP contribution in [0, 0.1) is 12.3 Å². The molecule has 0 aromatic heterocycles. The van der Waals surface area contributed by atoms with E-state index < -0.39 is 0 Å². The van der Waals surface area contributed by atoms with Crippen molar-refractivity contribution in [2.75, 3.05) is 0 Å². The maximum absolute atomic E-state index is 6.22. The molecule has 2 unspecified atom stereocenters. The van der Waals surface area contributed by atoms with Crippen LogP contribution in [0.5, 0.6) is 0 Å². The zero-order valence-corrected chi connectivity index (χ0v) is 14.4. The van der Waals surface area contributed by atoms with Crippen molar-refractivity contribution >= 4 is 28.8 Å². The molecule has 2 aromatic carbocycles. The Hall–Kier alpha value is -2.57. The highest BCUT2D eigenvalue weighted by molar-refractivity contribution is 6.31. The minimum atomic E-state index is -0.137. The number of benzene rings is 2. The Bertz CT molecular complexity index is 847. The first-order valence-corrected chi connectivity index (χ1v) is 8.20. The third kappa shape index (κ3) is 3.34. The van der Waals surface area contributed by atoms with E-state index in [1.54, 1.807) is 0 Å². The molecule has 0 radical (unpaired) electrons. The van der Waals surface area contributed by atoms with E-state index in [1.807, 2.05) is 62.4 Å². The Morgan fingerprint density at radius 3 is 2.67 bits per heavy atom. The van der Waals surface area contributed by atoms with Crippen LogP contribution in [0.1, 0.15) is 25.0 Å². The van der Waals surface area contributed by atoms with Crippen molar-refractivity contribution in [3.63, 3.8) is 0 Å². The van der Waals surface area contributed by atoms with E-state index in [0.29, 0.717) is 5.02 Å². The Balaban J connectivity index is 2.15. The van der Waals surface area contributed by atoms with Gasteiger partial charge in [-0.1, -0.05) is 47.9 Å². The van der Waals surface area contributed by atoms with Crippen LogP contribution in [0.2, 0.25) is 5.02 Å². The van der Waals surface area contributed by atoms with Crippen LogP contribution in [0.25, 0.3) is 0 Å². The first-order chi connectivity index (χ1) is 11.6. The quantitative estimate of drug-likeness (QED) is 0.820. The monoisotopic (exact) mass is 335 g/mol. The van der Waals surface area contributed by atoms with Crippen molar-refractivity contribution in [1.82, 2.24) is 5.32 Å². The zero-order chi connectivity index (χ0) is 17.1. The van der Waals surface area contributed by atoms with Gasteiger partial charge >= 0.3 is 0 Å². The van der Waals surface area contributed by atoms with Gasteiger partial charge in [-0.2, -0.15) is 0 Å². The van der Waals surface area contributed by atoms with Crippen LogP contribution < -0.4 is 5.32 Å². The molecule has 1 aliphatic rings. The van der Waals surface area contributed by atoms with Crippen molar-refractivity contribution in [1.29, 1.82) is 0 Å². The van der Waals surface area contributed by atoms with E-state index in [0.717, 1.165) is 28.4 Å². The number of hydrogen-bond acceptors (Lipinski definition) is 3. The highest BCUT2D eigenvalue weighted by atomic mass is 35.5. The van der Waals surface area contributed by atoms with Gasteiger partial charge in [0.15, 0.2) is 0 Å². The first kappa shape index (κ1) is 16.3. The highest BCUT2D eigenvalue weighted by Gasteiger charge is 2.21. The van der Waals surface area contributed by atoms with Gasteiger partial charge in [0.05, 0.1) is 17.4 Å². The number of nitrogens with one attached hydrogen (secondary N) is 1. The van der Waals surface area contributed by atoms with E-state index in [1.165, 1.54) is 0 Å². The number of hydrogen-bond donors (Lipinski definition) is 1. The fourth-order valence-electron chi connectivity index (χ4n) is 2.59. The third-order valence-electron chi connectivity index (χ3n) is 3.83. The standard InChI is InChI=1S/C20H18ClN3/c1-4-13(2)22-20-14(3)23-19(15-8-6-5-7-9-15)17-12-16(21)10-11-18(17)24-20/h1,5-14H,2-3H3,(H,22,24). The molecule has 0 spiro atoms. The molecule has 4 heteroatoms. The lowest BCUT2D eigenvalue weighted by atomic mass is 10.0. The number of nitrogens with zero attached hydrogens (tertiary/aromatic N) is 2. The van der Waals surface area contributed by atoms with Gasteiger partial charge in [0.25, 0.3) is 0 Å². The van der Waals surface area contributed by atoms with Crippen LogP contribution in [0.3, 0.4) is 0 Å². The molecule has 1 N–H and O–H groups in total. The molecule has 3 rings (SSSR count). The summed E-state index contributed by atoms with van der Waals surface area (Å²) in [7, 11) is 0. The molecule has 3 nitrogen and oxygen atoms in total. The number of aliphatic imine (C=N–C) groups is 2. The zero-order valence-electron chi connectivity index (χ0n) is 13.6. The second-order valence-electron chi connectivity index (χ2n) is 5.71. The van der Waals surface area contributed by atoms with Crippen LogP contribution in [0.4, 0.5) is 5.69 Å². The molecule has 0 aliphatic carbocycles. The number of amidine groups is 1. The van der Waals surface area contributed by atoms with E-state index in [9.17, 15) is 0 Å². The molecule has 0 fully saturated rings. The van der Waals surface area contributed by atoms with Gasteiger partial charge in [0.1, 0.15) is 11.9 Å². The minimum Gasteiger partial charge on any atom is -0.358 e. The van der Waals surface area contributed by atoms with Gasteiger partial charge in [-0.3, -0.25) is 4.99 Å². The maximum atomic E-state index is 6.22. The van der Waals surface area contributed by atoms with Crippen LogP contribution in [-0.2, 0) is 0 Å². The number of rotatable bonds is 2. The van der Waals surface area contributed by atoms with Crippen LogP contribution in [0.15, 0.2) is 58.5 Å². The summed E-state index contributed by atoms with van der Waals surface area (Å²) in [4.78, 5) is 9.66. The summed E-state index contributed by atoms with van der Waals surface area (Å²) in [5.74, 6) is 3.43. The second-order valence-corrected chi connectivity index (χ2v) is 6.15. The molecule has 1 aliphatic heterocycles. The average Bonchev–Trinajstić information content (AvgIpc) is 2.73. The normalized spacial score (nSPS) is 17.7. The van der Waals surface area contributed by atoms with Gasteiger partial charge < -0.3 is 5.32 Å². The van der Waals surface area contributed by atoms with Gasteiger partial charge in [0.2, 0.25) is 0 Å². The Kier molecular flexibility index (Phi) is 4.69. The molecule has 120 valence electrons. The summed E-state index contributed by atoms with van der Waals surface area (Å²) in [5, 5.41) is 3.92. The van der Waals surface area contributed by atoms with E-state index >= 15 is 0 Å². The molecule has 0 amide bonds. The topological polar surface area (TPSA) is 36.8 Å². The highest BCUT2D eigenvalue weighted by Crippen LogP contribution is 2.29. The molecule has 0 saturated carbocycles. The molecule has 2 aromatic rings. The molecule has 24 heavy (non-hydrogen) atoms. The van der Waals surface area contributed by atoms with Gasteiger partial charge in [-0.05, 0) is 32.0 Å². The summed E-state index contributed by atoms with van der Waals surface area (Å²) in [5.41, 5.74) is 3.67. The van der Waals surface area contributed by atoms with Crippen molar-refractivity contribution in [3.05, 3.63) is 64.7 Å². The smallest absolute Gasteiger partial charge is 0.128 e. The van der Waals surface area contributed by atoms with Crippen molar-refractivity contribution in [2.45, 2.75) is 25.9 Å². The summed E-state index contributed by atoms with van der Waals surface area (Å²) >= 11 is 6.22. The number of halogens is 1. The Morgan fingerprint density at radius 1 is 1.21 bits per heavy atom. The van der Waals surface area contributed by atoms with E-state index in [2.05, 4.69) is 11.2 Å². The fourth-order valence-corrected chi connectivity index (χ4v) is 2.76. The fraction of sp³-hybridized carbons (Fsp3) is 0.200. The lowest BCUT2D eigenvalue weighted by Crippen LogP contribution is -2.37. The van der Waals surface area contributed by atoms with Crippen molar-refractivity contribution in [2.24, 2.45) is 9.98 Å². The molecule has 2 atom stereocenters. The summed E-state index contributed by atoms with van der Waals surface area (Å²) in [6, 6.07) is 15.5. The van der Waals surface area contributed by atoms with Crippen LogP contribution >= 0.6 is 11.6 Å². The summed E-state index contributed by atoms with van der Waals surface area (Å²) in [6.07, 6.45) is 5.49. The molecular weight excluding hydrogens is 318 g/mol. The number of terminal acetylenes is 1. The molecule has 0 saturated heterocycles. The SMILES string of the molecule is C#CC(C)NC1=Nc2ccc(Cl)cc2C(c2ccccc2)=NC1C. The predicted octanol–water partition coefficient (Wildman–Crippen LogP) is 4.22. The first-order valence-electron chi connectivity index (χ1n) is 7.83. The largest absolute Gasteiger partial charge is 0.358 e. The maximum Gasteiger partial charge on any atom is 0.128 e. The molecular formula is C20H18ClN3. The van der Waals surface area contributed by atoms with Gasteiger partial charge in [-0.25, -0.2) is 4.99 Å². The summed E-state index contributed by atoms with van der Waals surface area (Å²) in [6.45, 7) is 3.93. The van der Waals surface area contributed by atoms with E-state index in [4.69, 9.17) is 28.0 Å². The van der Waals surface area contributed by atoms with Crippen molar-refractivity contribution in [3.8, 4) is 12.3 Å². The van der Waals surface area contributed by atoms with Gasteiger partial charge in [-0.15, -0.1) is 6.42 Å². The Morgan fingerprint density at radius 2 is 1.96 bits per heavy atom. The second kappa shape index (κ2) is 6.90. The average molecular weight is 336 g/mol. The lowest BCUT2D eigenvalue weighted by molar-refractivity contribution is 0.787. The number of fused-ring (bicyclic) bond motifs is 1. The van der Waals surface area contributed by atoms with Crippen molar-refractivity contribution < 1.29 is 0 Å². The Labute approximate surface area is 147 Å². The van der Waals surface area contributed by atoms with Gasteiger partial charge in [0, 0.05) is 16.1 Å². The van der Waals surface area contributed by atoms with E-state index in [-0.39, 0.29) is 12.1 Å². The molecule has 1 heterocycles. The predicted molar refractivity (Wildman–Crippen MR) is 102 cm³/mol. The molecule has 0 bridgehead atoms. The lowest BCUT2D eigenvalue weighted by Gasteiger charge is -2.15. The minimum absolute atomic E-state index is 0.115. The van der Waals surface area contributed by atoms with Crippen LogP contribution in [-0.4, -0.2) is 23.6 Å². The summed E-state index contributed by atoms with van der Waals surface area (Å²) < 4.78 is 0. The third-order valence-corrected chi connectivity index (χ3v) is 4.07.